The number of piperazine rings is 1. The Bertz CT molecular complexity index is 566. The molecule has 3 rings (SSSR count). The second kappa shape index (κ2) is 6.64. The number of thiazole rings is 1. The van der Waals surface area contributed by atoms with E-state index in [4.69, 9.17) is 0 Å². The number of aromatic nitrogens is 2. The summed E-state index contributed by atoms with van der Waals surface area (Å²) in [6, 6.07) is 3.58. The van der Waals surface area contributed by atoms with Gasteiger partial charge in [0.05, 0.1) is 6.54 Å². The lowest BCUT2D eigenvalue weighted by Gasteiger charge is -2.34. The average Bonchev–Trinajstić information content (AvgIpc) is 3.03. The van der Waals surface area contributed by atoms with Gasteiger partial charge in [-0.2, -0.15) is 0 Å². The van der Waals surface area contributed by atoms with Gasteiger partial charge in [-0.05, 0) is 12.1 Å². The van der Waals surface area contributed by atoms with Gasteiger partial charge in [-0.1, -0.05) is 0 Å². The van der Waals surface area contributed by atoms with Crippen LogP contribution in [0.15, 0.2) is 36.1 Å². The lowest BCUT2D eigenvalue weighted by molar-refractivity contribution is -0.117. The van der Waals surface area contributed by atoms with Crippen LogP contribution in [0.4, 0.5) is 10.8 Å². The highest BCUT2D eigenvalue weighted by molar-refractivity contribution is 7.13. The molecule has 0 bridgehead atoms. The van der Waals surface area contributed by atoms with Crippen LogP contribution in [0.2, 0.25) is 0 Å². The van der Waals surface area contributed by atoms with Gasteiger partial charge in [-0.15, -0.1) is 11.3 Å². The van der Waals surface area contributed by atoms with Crippen molar-refractivity contribution in [2.24, 2.45) is 0 Å². The van der Waals surface area contributed by atoms with E-state index in [-0.39, 0.29) is 5.91 Å². The minimum atomic E-state index is 0.0175. The maximum atomic E-state index is 12.0. The second-order valence-electron chi connectivity index (χ2n) is 4.86. The molecule has 110 valence electrons. The number of carbonyl (C=O) groups is 1. The molecule has 1 saturated heterocycles. The van der Waals surface area contributed by atoms with Crippen molar-refractivity contribution in [1.29, 1.82) is 0 Å². The van der Waals surface area contributed by atoms with Crippen LogP contribution in [-0.2, 0) is 4.79 Å². The van der Waals surface area contributed by atoms with Crippen LogP contribution < -0.4 is 10.2 Å². The molecule has 3 heterocycles. The van der Waals surface area contributed by atoms with E-state index in [9.17, 15) is 4.79 Å². The lowest BCUT2D eigenvalue weighted by Crippen LogP contribution is -2.48. The number of carbonyl (C=O) groups excluding carboxylic acids is 1. The fourth-order valence-corrected chi connectivity index (χ4v) is 3.01. The van der Waals surface area contributed by atoms with Gasteiger partial charge in [-0.3, -0.25) is 14.7 Å². The Morgan fingerprint density at radius 3 is 2.62 bits per heavy atom. The predicted octanol–water partition coefficient (Wildman–Crippen LogP) is 1.30. The van der Waals surface area contributed by atoms with Gasteiger partial charge in [0, 0.05) is 55.8 Å². The third-order valence-corrected chi connectivity index (χ3v) is 4.23. The van der Waals surface area contributed by atoms with Gasteiger partial charge < -0.3 is 10.2 Å². The molecule has 0 aliphatic carbocycles. The van der Waals surface area contributed by atoms with E-state index in [0.717, 1.165) is 37.0 Å². The summed E-state index contributed by atoms with van der Waals surface area (Å²) in [7, 11) is 0. The van der Waals surface area contributed by atoms with Crippen LogP contribution >= 0.6 is 11.3 Å². The summed E-state index contributed by atoms with van der Waals surface area (Å²) < 4.78 is 0. The first kappa shape index (κ1) is 14.0. The third-order valence-electron chi connectivity index (χ3n) is 3.39. The molecule has 6 nitrogen and oxygen atoms in total. The summed E-state index contributed by atoms with van der Waals surface area (Å²) in [5.74, 6) is 0.0175. The lowest BCUT2D eigenvalue weighted by atomic mass is 10.3. The summed E-state index contributed by atoms with van der Waals surface area (Å²) in [5.41, 5.74) is 0.788. The monoisotopic (exact) mass is 303 g/mol. The van der Waals surface area contributed by atoms with E-state index >= 15 is 0 Å². The fourth-order valence-electron chi connectivity index (χ4n) is 2.31. The van der Waals surface area contributed by atoms with Crippen molar-refractivity contribution in [1.82, 2.24) is 14.9 Å². The molecule has 0 atom stereocenters. The van der Waals surface area contributed by atoms with Crippen LogP contribution in [-0.4, -0.2) is 53.5 Å². The Labute approximate surface area is 127 Å². The minimum absolute atomic E-state index is 0.0175. The summed E-state index contributed by atoms with van der Waals surface area (Å²) in [5, 5.41) is 5.94. The van der Waals surface area contributed by atoms with E-state index in [0.29, 0.717) is 6.54 Å². The van der Waals surface area contributed by atoms with Crippen molar-refractivity contribution >= 4 is 28.1 Å². The summed E-state index contributed by atoms with van der Waals surface area (Å²) in [6.45, 7) is 4.01. The maximum Gasteiger partial charge on any atom is 0.238 e. The van der Waals surface area contributed by atoms with Gasteiger partial charge >= 0.3 is 0 Å². The molecule has 7 heteroatoms. The number of pyridine rings is 1. The van der Waals surface area contributed by atoms with Crippen molar-refractivity contribution < 1.29 is 4.79 Å². The van der Waals surface area contributed by atoms with Gasteiger partial charge in [0.1, 0.15) is 0 Å². The molecule has 0 saturated carbocycles. The molecule has 2 aromatic rings. The number of hydrogen-bond donors (Lipinski definition) is 1. The van der Waals surface area contributed by atoms with Crippen LogP contribution in [0.3, 0.4) is 0 Å². The molecule has 2 aromatic heterocycles. The van der Waals surface area contributed by atoms with Crippen LogP contribution in [0, 0.1) is 0 Å². The fraction of sp³-hybridized carbons (Fsp3) is 0.357. The molecule has 1 N–H and O–H groups in total. The SMILES string of the molecule is O=C(CN1CCN(c2nccs2)CC1)Nc1ccncc1. The van der Waals surface area contributed by atoms with E-state index in [2.05, 4.69) is 25.1 Å². The summed E-state index contributed by atoms with van der Waals surface area (Å²) in [4.78, 5) is 24.7. The number of nitrogens with zero attached hydrogens (tertiary/aromatic N) is 4. The van der Waals surface area contributed by atoms with Crippen LogP contribution in [0.5, 0.6) is 0 Å². The highest BCUT2D eigenvalue weighted by Crippen LogP contribution is 2.18. The van der Waals surface area contributed by atoms with Crippen molar-refractivity contribution in [2.45, 2.75) is 0 Å². The summed E-state index contributed by atoms with van der Waals surface area (Å²) in [6.07, 6.45) is 5.17. The van der Waals surface area contributed by atoms with E-state index in [1.165, 1.54) is 0 Å². The Morgan fingerprint density at radius 2 is 1.95 bits per heavy atom. The molecule has 1 amide bonds. The van der Waals surface area contributed by atoms with Crippen molar-refractivity contribution in [3.8, 4) is 0 Å². The van der Waals surface area contributed by atoms with Crippen molar-refractivity contribution in [2.75, 3.05) is 42.9 Å². The molecule has 0 aromatic carbocycles. The average molecular weight is 303 g/mol. The first-order valence-corrected chi connectivity index (χ1v) is 7.76. The molecule has 1 aliphatic heterocycles. The second-order valence-corrected chi connectivity index (χ2v) is 5.73. The van der Waals surface area contributed by atoms with Gasteiger partial charge in [0.2, 0.25) is 5.91 Å². The van der Waals surface area contributed by atoms with Crippen molar-refractivity contribution in [3.63, 3.8) is 0 Å². The normalized spacial score (nSPS) is 15.9. The van der Waals surface area contributed by atoms with Gasteiger partial charge in [0.15, 0.2) is 5.13 Å². The predicted molar refractivity (Wildman–Crippen MR) is 83.6 cm³/mol. The molecule has 0 spiro atoms. The highest BCUT2D eigenvalue weighted by Gasteiger charge is 2.20. The Morgan fingerprint density at radius 1 is 1.19 bits per heavy atom. The first-order chi connectivity index (χ1) is 10.3. The zero-order valence-corrected chi connectivity index (χ0v) is 12.4. The third kappa shape index (κ3) is 3.77. The number of anilines is 2. The number of rotatable bonds is 4. The molecule has 1 fully saturated rings. The molecule has 0 unspecified atom stereocenters. The van der Waals surface area contributed by atoms with E-state index in [1.807, 2.05) is 11.6 Å². The standard InChI is InChI=1S/C14H17N5OS/c20-13(17-12-1-3-15-4-2-12)11-18-6-8-19(9-7-18)14-16-5-10-21-14/h1-5,10H,6-9,11H2,(H,15,17,20). The Balaban J connectivity index is 1.46. The molecular weight excluding hydrogens is 286 g/mol. The van der Waals surface area contributed by atoms with Crippen LogP contribution in [0.1, 0.15) is 0 Å². The molecule has 0 radical (unpaired) electrons. The smallest absolute Gasteiger partial charge is 0.238 e. The quantitative estimate of drug-likeness (QED) is 0.922. The number of amides is 1. The molecular formula is C14H17N5OS. The molecule has 1 aliphatic rings. The Hall–Kier alpha value is -1.99. The minimum Gasteiger partial charge on any atom is -0.346 e. The number of nitrogens with one attached hydrogen (secondary N) is 1. The maximum absolute atomic E-state index is 12.0. The Kier molecular flexibility index (Phi) is 4.42. The largest absolute Gasteiger partial charge is 0.346 e. The zero-order valence-electron chi connectivity index (χ0n) is 11.6. The van der Waals surface area contributed by atoms with Gasteiger partial charge in [0.25, 0.3) is 0 Å². The van der Waals surface area contributed by atoms with Crippen LogP contribution in [0.25, 0.3) is 0 Å². The topological polar surface area (TPSA) is 61.4 Å². The van der Waals surface area contributed by atoms with Crippen molar-refractivity contribution in [3.05, 3.63) is 36.1 Å². The summed E-state index contributed by atoms with van der Waals surface area (Å²) >= 11 is 1.66. The van der Waals surface area contributed by atoms with Gasteiger partial charge in [-0.25, -0.2) is 4.98 Å². The van der Waals surface area contributed by atoms with E-state index < -0.39 is 0 Å². The van der Waals surface area contributed by atoms with E-state index in [1.54, 1.807) is 35.9 Å². The number of hydrogen-bond acceptors (Lipinski definition) is 6. The zero-order chi connectivity index (χ0) is 14.5. The highest BCUT2D eigenvalue weighted by atomic mass is 32.1. The molecule has 21 heavy (non-hydrogen) atoms. The first-order valence-electron chi connectivity index (χ1n) is 6.88.